The molecule has 4 aromatic carbocycles. The lowest BCUT2D eigenvalue weighted by molar-refractivity contribution is 0.344. The predicted octanol–water partition coefficient (Wildman–Crippen LogP) is 28.6. The molecule has 0 heterocycles. The Morgan fingerprint density at radius 2 is 0.425 bits per heavy atom. The summed E-state index contributed by atoms with van der Waals surface area (Å²) in [6.07, 6.45) is 9.55. The fourth-order valence-electron chi connectivity index (χ4n) is 9.02. The van der Waals surface area contributed by atoms with Crippen molar-refractivity contribution in [3.8, 4) is 0 Å². The Bertz CT molecular complexity index is 1440. The van der Waals surface area contributed by atoms with Gasteiger partial charge in [0.1, 0.15) is 0 Å². The summed E-state index contributed by atoms with van der Waals surface area (Å²) in [6, 6.07) is 43.6. The summed E-state index contributed by atoms with van der Waals surface area (Å²) >= 11 is 0. The van der Waals surface area contributed by atoms with Crippen LogP contribution in [0.15, 0.2) is 134 Å². The Balaban J connectivity index is -0.000000128. The molecule has 0 saturated heterocycles. The quantitative estimate of drug-likeness (QED) is 0.0821. The van der Waals surface area contributed by atoms with Crippen molar-refractivity contribution in [1.29, 1.82) is 0 Å². The van der Waals surface area contributed by atoms with E-state index < -0.39 is 0 Å². The highest BCUT2D eigenvalue weighted by molar-refractivity contribution is 5.22. The minimum atomic E-state index is 0. The molecule has 4 rings (SSSR count). The van der Waals surface area contributed by atoms with Crippen LogP contribution < -0.4 is 0 Å². The molecular formula is C80H150. The largest absolute Gasteiger partial charge is 0.103 e. The van der Waals surface area contributed by atoms with Crippen LogP contribution in [0.5, 0.6) is 0 Å². The summed E-state index contributed by atoms with van der Waals surface area (Å²) in [4.78, 5) is 0. The average molecular weight is 1110 g/mol. The second-order valence-corrected chi connectivity index (χ2v) is 24.5. The van der Waals surface area contributed by atoms with Gasteiger partial charge in [-0.1, -0.05) is 356 Å². The zero-order valence-corrected chi connectivity index (χ0v) is 59.7. The Morgan fingerprint density at radius 1 is 0.287 bits per heavy atom. The van der Waals surface area contributed by atoms with E-state index in [0.717, 1.165) is 88.8 Å². The second-order valence-electron chi connectivity index (χ2n) is 24.5. The fraction of sp³-hybridized carbons (Fsp3) is 0.675. The van der Waals surface area contributed by atoms with Gasteiger partial charge in [-0.25, -0.2) is 0 Å². The number of benzene rings is 4. The first-order valence-corrected chi connectivity index (χ1v) is 33.1. The third-order valence-electron chi connectivity index (χ3n) is 13.0. The van der Waals surface area contributed by atoms with Gasteiger partial charge in [0.05, 0.1) is 0 Å². The molecule has 0 aromatic heterocycles. The Hall–Kier alpha value is -3.38. The lowest BCUT2D eigenvalue weighted by Crippen LogP contribution is -2.09. The third kappa shape index (κ3) is 56.5. The zero-order valence-electron chi connectivity index (χ0n) is 59.7. The Labute approximate surface area is 509 Å². The van der Waals surface area contributed by atoms with Crippen LogP contribution in [0.4, 0.5) is 0 Å². The number of hydrogen-bond acceptors (Lipinski definition) is 0. The molecule has 0 nitrogen and oxygen atoms in total. The van der Waals surface area contributed by atoms with Crippen molar-refractivity contribution in [1.82, 2.24) is 0 Å². The maximum absolute atomic E-state index is 3.36. The van der Waals surface area contributed by atoms with Gasteiger partial charge in [-0.3, -0.25) is 0 Å². The second kappa shape index (κ2) is 64.8. The van der Waals surface area contributed by atoms with E-state index in [0.29, 0.717) is 0 Å². The van der Waals surface area contributed by atoms with Gasteiger partial charge in [-0.05, 0) is 150 Å². The van der Waals surface area contributed by atoms with Crippen LogP contribution in [0.25, 0.3) is 0 Å². The molecule has 0 amide bonds. The summed E-state index contributed by atoms with van der Waals surface area (Å²) < 4.78 is 0. The standard InChI is InChI=1S/4C14H22.C9H20.C3H8.C3H6.4C2H6.CH4/c4*1-11(2)10-14(12(3)4)13-8-6-5-7-9-13;1-7(2)6-9(5)8(3)4;2*1-3-2;4*1-2;/h4*5-9,11-12,14H,10H2,1-4H3;7-9H,6H2,1-5H3;3H2,1-2H3;3H,1H2,2H3;4*1-2H3;1H4. The van der Waals surface area contributed by atoms with E-state index in [4.69, 9.17) is 0 Å². The van der Waals surface area contributed by atoms with Crippen molar-refractivity contribution in [3.63, 3.8) is 0 Å². The molecule has 0 radical (unpaired) electrons. The van der Waals surface area contributed by atoms with Gasteiger partial charge in [-0.15, -0.1) is 6.58 Å². The highest BCUT2D eigenvalue weighted by Gasteiger charge is 2.19. The lowest BCUT2D eigenvalue weighted by Gasteiger charge is -2.23. The number of hydrogen-bond donors (Lipinski definition) is 0. The first kappa shape index (κ1) is 93.0. The fourth-order valence-corrected chi connectivity index (χ4v) is 9.02. The van der Waals surface area contributed by atoms with Gasteiger partial charge < -0.3 is 0 Å². The van der Waals surface area contributed by atoms with Crippen LogP contribution in [0.3, 0.4) is 0 Å². The van der Waals surface area contributed by atoms with E-state index in [1.807, 2.05) is 62.3 Å². The highest BCUT2D eigenvalue weighted by atomic mass is 14.2. The zero-order chi connectivity index (χ0) is 63.1. The number of rotatable bonds is 19. The summed E-state index contributed by atoms with van der Waals surface area (Å²) in [5, 5.41) is 0. The molecule has 0 aliphatic heterocycles. The van der Waals surface area contributed by atoms with Crippen molar-refractivity contribution in [3.05, 3.63) is 156 Å². The smallest absolute Gasteiger partial charge is 0.0136 e. The van der Waals surface area contributed by atoms with E-state index in [1.54, 1.807) is 6.08 Å². The van der Waals surface area contributed by atoms with Crippen LogP contribution in [-0.2, 0) is 0 Å². The molecule has 80 heavy (non-hydrogen) atoms. The topological polar surface area (TPSA) is 0 Å². The summed E-state index contributed by atoms with van der Waals surface area (Å²) in [6.45, 7) is 74.0. The van der Waals surface area contributed by atoms with Gasteiger partial charge in [0, 0.05) is 0 Å². The van der Waals surface area contributed by atoms with Crippen molar-refractivity contribution in [2.45, 2.75) is 291 Å². The molecule has 0 spiro atoms. The van der Waals surface area contributed by atoms with Crippen molar-refractivity contribution in [2.24, 2.45) is 65.1 Å². The molecule has 0 aliphatic rings. The van der Waals surface area contributed by atoms with Crippen molar-refractivity contribution < 1.29 is 0 Å². The Kier molecular flexibility index (Phi) is 75.4. The Morgan fingerprint density at radius 3 is 0.512 bits per heavy atom. The predicted molar refractivity (Wildman–Crippen MR) is 381 cm³/mol. The molecule has 0 fully saturated rings. The molecule has 0 bridgehead atoms. The van der Waals surface area contributed by atoms with Crippen LogP contribution in [-0.4, -0.2) is 0 Å². The maximum Gasteiger partial charge on any atom is -0.0136 e. The highest BCUT2D eigenvalue weighted by Crippen LogP contribution is 2.33. The van der Waals surface area contributed by atoms with E-state index in [9.17, 15) is 0 Å². The first-order valence-electron chi connectivity index (χ1n) is 33.1. The van der Waals surface area contributed by atoms with Crippen molar-refractivity contribution in [2.75, 3.05) is 0 Å². The molecule has 0 N–H and O–H groups in total. The van der Waals surface area contributed by atoms with Crippen LogP contribution in [0.1, 0.15) is 313 Å². The van der Waals surface area contributed by atoms with Crippen LogP contribution >= 0.6 is 0 Å². The SMILES string of the molecule is C.C=CC.CC.CC.CC.CC.CC(C)CC(C)C(C)C.CC(C)CC(c1ccccc1)C(C)C.CC(C)CC(c1ccccc1)C(C)C.CC(C)CC(c1ccccc1)C(C)C.CC(C)CC(c1ccccc1)C(C)C.CCC. The van der Waals surface area contributed by atoms with Gasteiger partial charge in [0.2, 0.25) is 0 Å². The van der Waals surface area contributed by atoms with Gasteiger partial charge in [-0.2, -0.15) is 0 Å². The molecule has 0 saturated carbocycles. The molecule has 5 atom stereocenters. The van der Waals surface area contributed by atoms with Gasteiger partial charge >= 0.3 is 0 Å². The molecule has 470 valence electrons. The molecule has 0 heteroatoms. The van der Waals surface area contributed by atoms with E-state index in [2.05, 4.69) is 287 Å². The monoisotopic (exact) mass is 1110 g/mol. The molecule has 5 unspecified atom stereocenters. The van der Waals surface area contributed by atoms with Crippen molar-refractivity contribution >= 4 is 0 Å². The summed E-state index contributed by atoms with van der Waals surface area (Å²) in [7, 11) is 0. The molecule has 4 aromatic rings. The summed E-state index contributed by atoms with van der Waals surface area (Å²) in [5.41, 5.74) is 5.99. The average Bonchev–Trinajstić information content (AvgIpc) is 3.42. The molecular weight excluding hydrogens is 961 g/mol. The van der Waals surface area contributed by atoms with Gasteiger partial charge in [0.15, 0.2) is 0 Å². The third-order valence-corrected chi connectivity index (χ3v) is 13.0. The minimum absolute atomic E-state index is 0. The molecule has 0 aliphatic carbocycles. The minimum Gasteiger partial charge on any atom is -0.103 e. The van der Waals surface area contributed by atoms with Gasteiger partial charge in [0.25, 0.3) is 0 Å². The lowest BCUT2D eigenvalue weighted by atomic mass is 9.82. The maximum atomic E-state index is 3.36. The van der Waals surface area contributed by atoms with E-state index >= 15 is 0 Å². The van der Waals surface area contributed by atoms with E-state index in [-0.39, 0.29) is 7.43 Å². The first-order chi connectivity index (χ1) is 37.3. The van der Waals surface area contributed by atoms with E-state index in [1.165, 1.54) is 60.8 Å². The van der Waals surface area contributed by atoms with Crippen LogP contribution in [0.2, 0.25) is 0 Å². The number of allylic oxidation sites excluding steroid dienone is 1. The normalized spacial score (nSPS) is 11.9. The van der Waals surface area contributed by atoms with Crippen LogP contribution in [0, 0.1) is 65.1 Å². The summed E-state index contributed by atoms with van der Waals surface area (Å²) in [5.74, 6) is 11.6.